The first kappa shape index (κ1) is 13.7. The lowest BCUT2D eigenvalue weighted by atomic mass is 9.96. The summed E-state index contributed by atoms with van der Waals surface area (Å²) in [4.78, 5) is 14.5. The van der Waals surface area contributed by atoms with Crippen LogP contribution in [0.25, 0.3) is 0 Å². The fraction of sp³-hybridized carbons (Fsp3) is 0.533. The summed E-state index contributed by atoms with van der Waals surface area (Å²) >= 11 is 0. The Balaban J connectivity index is 2.33. The lowest BCUT2D eigenvalue weighted by Gasteiger charge is -2.39. The van der Waals surface area contributed by atoms with Crippen LogP contribution in [0.4, 0.5) is 0 Å². The molecule has 0 saturated carbocycles. The van der Waals surface area contributed by atoms with Gasteiger partial charge in [0, 0.05) is 12.1 Å². The number of carbonyl (C=O) groups is 1. The van der Waals surface area contributed by atoms with E-state index in [0.29, 0.717) is 11.3 Å². The zero-order valence-corrected chi connectivity index (χ0v) is 11.7. The van der Waals surface area contributed by atoms with Crippen LogP contribution in [0.2, 0.25) is 0 Å². The van der Waals surface area contributed by atoms with Crippen LogP contribution in [0, 0.1) is 0 Å². The van der Waals surface area contributed by atoms with Crippen molar-refractivity contribution in [3.05, 3.63) is 23.8 Å². The number of phenols is 1. The molecule has 1 amide bonds. The Morgan fingerprint density at radius 2 is 1.95 bits per heavy atom. The van der Waals surface area contributed by atoms with Crippen LogP contribution >= 0.6 is 0 Å². The summed E-state index contributed by atoms with van der Waals surface area (Å²) < 4.78 is 5.06. The van der Waals surface area contributed by atoms with Gasteiger partial charge >= 0.3 is 0 Å². The van der Waals surface area contributed by atoms with E-state index >= 15 is 0 Å². The fourth-order valence-electron chi connectivity index (χ4n) is 2.82. The summed E-state index contributed by atoms with van der Waals surface area (Å²) in [5, 5.41) is 10.1. The predicted molar refractivity (Wildman–Crippen MR) is 73.6 cm³/mol. The molecule has 0 aliphatic carbocycles. The van der Waals surface area contributed by atoms with Crippen molar-refractivity contribution < 1.29 is 14.6 Å². The van der Waals surface area contributed by atoms with Crippen LogP contribution in [-0.4, -0.2) is 35.1 Å². The molecule has 0 bridgehead atoms. The zero-order chi connectivity index (χ0) is 14.0. The third kappa shape index (κ3) is 2.53. The molecule has 1 aromatic carbocycles. The van der Waals surface area contributed by atoms with Gasteiger partial charge in [-0.1, -0.05) is 6.07 Å². The second-order valence-electron chi connectivity index (χ2n) is 5.20. The van der Waals surface area contributed by atoms with E-state index in [-0.39, 0.29) is 23.7 Å². The number of phenolic OH excluding ortho intramolecular Hbond substituents is 1. The Kier molecular flexibility index (Phi) is 3.98. The van der Waals surface area contributed by atoms with Gasteiger partial charge in [-0.25, -0.2) is 0 Å². The van der Waals surface area contributed by atoms with Gasteiger partial charge in [0.2, 0.25) is 0 Å². The van der Waals surface area contributed by atoms with Gasteiger partial charge in [-0.3, -0.25) is 4.79 Å². The molecule has 0 aromatic heterocycles. The molecule has 4 nitrogen and oxygen atoms in total. The Hall–Kier alpha value is -1.71. The average Bonchev–Trinajstić information content (AvgIpc) is 2.38. The molecule has 0 radical (unpaired) electrons. The quantitative estimate of drug-likeness (QED) is 0.892. The first-order chi connectivity index (χ1) is 9.06. The van der Waals surface area contributed by atoms with E-state index < -0.39 is 0 Å². The molecular formula is C15H21NO3. The van der Waals surface area contributed by atoms with E-state index in [9.17, 15) is 9.90 Å². The highest BCUT2D eigenvalue weighted by Crippen LogP contribution is 2.32. The third-order valence-electron chi connectivity index (χ3n) is 3.88. The van der Waals surface area contributed by atoms with E-state index in [4.69, 9.17) is 4.74 Å². The van der Waals surface area contributed by atoms with Crippen LogP contribution in [0.3, 0.4) is 0 Å². The minimum Gasteiger partial charge on any atom is -0.504 e. The molecule has 2 rings (SSSR count). The molecule has 1 aliphatic heterocycles. The number of amides is 1. The van der Waals surface area contributed by atoms with Crippen molar-refractivity contribution in [3.63, 3.8) is 0 Å². The summed E-state index contributed by atoms with van der Waals surface area (Å²) in [5.41, 5.74) is 0.319. The maximum absolute atomic E-state index is 12.6. The van der Waals surface area contributed by atoms with Crippen molar-refractivity contribution in [2.24, 2.45) is 0 Å². The van der Waals surface area contributed by atoms with Crippen LogP contribution in [-0.2, 0) is 0 Å². The normalized spacial score (nSPS) is 23.2. The number of benzene rings is 1. The summed E-state index contributed by atoms with van der Waals surface area (Å²) in [6.07, 6.45) is 3.18. The Morgan fingerprint density at radius 3 is 2.53 bits per heavy atom. The SMILES string of the molecule is COc1cccc(C(=O)N2[C@H](C)CCC[C@@H]2C)c1O. The number of carbonyl (C=O) groups excluding carboxylic acids is 1. The molecule has 19 heavy (non-hydrogen) atoms. The summed E-state index contributed by atoms with van der Waals surface area (Å²) in [7, 11) is 1.48. The summed E-state index contributed by atoms with van der Waals surface area (Å²) in [5.74, 6) is 0.152. The van der Waals surface area contributed by atoms with Gasteiger partial charge in [0.25, 0.3) is 5.91 Å². The highest BCUT2D eigenvalue weighted by molar-refractivity contribution is 5.98. The number of likely N-dealkylation sites (tertiary alicyclic amines) is 1. The van der Waals surface area contributed by atoms with E-state index in [1.165, 1.54) is 7.11 Å². The van der Waals surface area contributed by atoms with Crippen molar-refractivity contribution in [2.45, 2.75) is 45.2 Å². The average molecular weight is 263 g/mol. The molecule has 2 atom stereocenters. The van der Waals surface area contributed by atoms with E-state index in [0.717, 1.165) is 19.3 Å². The van der Waals surface area contributed by atoms with Crippen molar-refractivity contribution in [2.75, 3.05) is 7.11 Å². The van der Waals surface area contributed by atoms with E-state index in [1.54, 1.807) is 18.2 Å². The van der Waals surface area contributed by atoms with Crippen LogP contribution in [0.5, 0.6) is 11.5 Å². The lowest BCUT2D eigenvalue weighted by molar-refractivity contribution is 0.0507. The number of hydrogen-bond acceptors (Lipinski definition) is 3. The lowest BCUT2D eigenvalue weighted by Crippen LogP contribution is -2.47. The first-order valence-corrected chi connectivity index (χ1v) is 6.75. The second kappa shape index (κ2) is 5.51. The topological polar surface area (TPSA) is 49.8 Å². The van der Waals surface area contributed by atoms with Gasteiger partial charge in [-0.2, -0.15) is 0 Å². The number of hydrogen-bond donors (Lipinski definition) is 1. The molecule has 0 unspecified atom stereocenters. The maximum atomic E-state index is 12.6. The number of aromatic hydroxyl groups is 1. The molecule has 104 valence electrons. The number of para-hydroxylation sites is 1. The van der Waals surface area contributed by atoms with Crippen LogP contribution in [0.1, 0.15) is 43.5 Å². The number of rotatable bonds is 2. The monoisotopic (exact) mass is 263 g/mol. The Bertz CT molecular complexity index is 462. The minimum atomic E-state index is -0.115. The van der Waals surface area contributed by atoms with E-state index in [1.807, 2.05) is 4.90 Å². The molecule has 1 heterocycles. The number of piperidine rings is 1. The highest BCUT2D eigenvalue weighted by Gasteiger charge is 2.31. The molecule has 1 aromatic rings. The second-order valence-corrected chi connectivity index (χ2v) is 5.20. The van der Waals surface area contributed by atoms with Gasteiger partial charge in [0.1, 0.15) is 0 Å². The number of methoxy groups -OCH3 is 1. The van der Waals surface area contributed by atoms with Crippen LogP contribution < -0.4 is 4.74 Å². The Morgan fingerprint density at radius 1 is 1.32 bits per heavy atom. The molecule has 4 heteroatoms. The molecule has 1 saturated heterocycles. The maximum Gasteiger partial charge on any atom is 0.258 e. The van der Waals surface area contributed by atoms with Gasteiger partial charge in [0.05, 0.1) is 12.7 Å². The minimum absolute atomic E-state index is 0.0695. The molecule has 1 N–H and O–H groups in total. The summed E-state index contributed by atoms with van der Waals surface area (Å²) in [6.45, 7) is 4.12. The zero-order valence-electron chi connectivity index (χ0n) is 11.7. The van der Waals surface area contributed by atoms with Crippen molar-refractivity contribution in [1.82, 2.24) is 4.90 Å². The predicted octanol–water partition coefficient (Wildman–Crippen LogP) is 2.80. The van der Waals surface area contributed by atoms with Crippen LogP contribution in [0.15, 0.2) is 18.2 Å². The number of nitrogens with zero attached hydrogens (tertiary/aromatic N) is 1. The van der Waals surface area contributed by atoms with Crippen molar-refractivity contribution >= 4 is 5.91 Å². The standard InChI is InChI=1S/C15H21NO3/c1-10-6-4-7-11(2)16(10)15(18)12-8-5-9-13(19-3)14(12)17/h5,8-11,17H,4,6-7H2,1-3H3/t10-,11+. The largest absolute Gasteiger partial charge is 0.504 e. The first-order valence-electron chi connectivity index (χ1n) is 6.75. The van der Waals surface area contributed by atoms with E-state index in [2.05, 4.69) is 13.8 Å². The molecule has 0 spiro atoms. The smallest absolute Gasteiger partial charge is 0.258 e. The van der Waals surface area contributed by atoms with Gasteiger partial charge in [-0.05, 0) is 45.2 Å². The third-order valence-corrected chi connectivity index (χ3v) is 3.88. The fourth-order valence-corrected chi connectivity index (χ4v) is 2.82. The number of ether oxygens (including phenoxy) is 1. The molecular weight excluding hydrogens is 242 g/mol. The molecule has 1 fully saturated rings. The highest BCUT2D eigenvalue weighted by atomic mass is 16.5. The molecule has 1 aliphatic rings. The van der Waals surface area contributed by atoms with Crippen molar-refractivity contribution in [1.29, 1.82) is 0 Å². The van der Waals surface area contributed by atoms with Gasteiger partial charge < -0.3 is 14.7 Å². The summed E-state index contributed by atoms with van der Waals surface area (Å²) in [6, 6.07) is 5.44. The van der Waals surface area contributed by atoms with Crippen molar-refractivity contribution in [3.8, 4) is 11.5 Å². The van der Waals surface area contributed by atoms with Gasteiger partial charge in [0.15, 0.2) is 11.5 Å². The Labute approximate surface area is 114 Å². The van der Waals surface area contributed by atoms with Gasteiger partial charge in [-0.15, -0.1) is 0 Å².